The zero-order valence-corrected chi connectivity index (χ0v) is 9.57. The average Bonchev–Trinajstić information content (AvgIpc) is 2.93. The molecule has 1 heterocycles. The van der Waals surface area contributed by atoms with E-state index in [0.29, 0.717) is 12.0 Å². The van der Waals surface area contributed by atoms with Gasteiger partial charge in [-0.2, -0.15) is 0 Å². The Kier molecular flexibility index (Phi) is 2.98. The summed E-state index contributed by atoms with van der Waals surface area (Å²) in [5.41, 5.74) is 5.95. The summed E-state index contributed by atoms with van der Waals surface area (Å²) < 4.78 is 0. The van der Waals surface area contributed by atoms with Crippen molar-refractivity contribution in [3.63, 3.8) is 0 Å². The maximum absolute atomic E-state index is 11.8. The van der Waals surface area contributed by atoms with Crippen LogP contribution in [0.5, 0.6) is 0 Å². The Morgan fingerprint density at radius 1 is 1.47 bits per heavy atom. The van der Waals surface area contributed by atoms with E-state index in [1.54, 1.807) is 0 Å². The second-order valence-corrected chi connectivity index (χ2v) is 5.05. The summed E-state index contributed by atoms with van der Waals surface area (Å²) >= 11 is 0. The second kappa shape index (κ2) is 4.10. The van der Waals surface area contributed by atoms with Crippen molar-refractivity contribution in [3.05, 3.63) is 0 Å². The molecule has 4 nitrogen and oxygen atoms in total. The molecule has 0 aromatic heterocycles. The first kappa shape index (κ1) is 10.9. The van der Waals surface area contributed by atoms with Crippen molar-refractivity contribution >= 4 is 5.91 Å². The number of likely N-dealkylation sites (tertiary alicyclic amines) is 1. The van der Waals surface area contributed by atoms with Gasteiger partial charge in [0.1, 0.15) is 0 Å². The Hall–Kier alpha value is -0.610. The van der Waals surface area contributed by atoms with Crippen LogP contribution in [-0.4, -0.2) is 42.0 Å². The Morgan fingerprint density at radius 3 is 2.60 bits per heavy atom. The minimum absolute atomic E-state index is 0.0263. The van der Waals surface area contributed by atoms with Gasteiger partial charge in [-0.15, -0.1) is 0 Å². The van der Waals surface area contributed by atoms with E-state index in [2.05, 4.69) is 17.1 Å². The van der Waals surface area contributed by atoms with Crippen LogP contribution in [0.1, 0.15) is 26.7 Å². The Morgan fingerprint density at radius 2 is 2.13 bits per heavy atom. The van der Waals surface area contributed by atoms with Crippen molar-refractivity contribution < 1.29 is 4.79 Å². The van der Waals surface area contributed by atoms with E-state index in [4.69, 9.17) is 5.73 Å². The lowest BCUT2D eigenvalue weighted by atomic mass is 10.1. The van der Waals surface area contributed by atoms with E-state index >= 15 is 0 Å². The van der Waals surface area contributed by atoms with E-state index < -0.39 is 0 Å². The van der Waals surface area contributed by atoms with Gasteiger partial charge in [-0.3, -0.25) is 9.69 Å². The Bertz CT molecular complexity index is 242. The lowest BCUT2D eigenvalue weighted by molar-refractivity contribution is -0.125. The molecule has 3 unspecified atom stereocenters. The third kappa shape index (κ3) is 2.49. The Labute approximate surface area is 91.2 Å². The summed E-state index contributed by atoms with van der Waals surface area (Å²) in [6.07, 6.45) is 2.29. The predicted molar refractivity (Wildman–Crippen MR) is 59.3 cm³/mol. The first-order valence-electron chi connectivity index (χ1n) is 5.88. The monoisotopic (exact) mass is 211 g/mol. The van der Waals surface area contributed by atoms with Crippen molar-refractivity contribution in [3.8, 4) is 0 Å². The molecule has 1 amide bonds. The number of hydrogen-bond acceptors (Lipinski definition) is 3. The van der Waals surface area contributed by atoms with Crippen LogP contribution in [0, 0.1) is 5.92 Å². The third-order valence-electron chi connectivity index (χ3n) is 3.55. The van der Waals surface area contributed by atoms with Gasteiger partial charge in [-0.25, -0.2) is 0 Å². The fourth-order valence-corrected chi connectivity index (χ4v) is 2.06. The van der Waals surface area contributed by atoms with Gasteiger partial charge in [0.05, 0.1) is 6.04 Å². The van der Waals surface area contributed by atoms with Gasteiger partial charge < -0.3 is 11.1 Å². The highest BCUT2D eigenvalue weighted by Gasteiger charge is 2.34. The molecule has 0 spiro atoms. The summed E-state index contributed by atoms with van der Waals surface area (Å²) in [6, 6.07) is 0.649. The summed E-state index contributed by atoms with van der Waals surface area (Å²) in [5, 5.41) is 3.04. The van der Waals surface area contributed by atoms with Crippen molar-refractivity contribution in [2.75, 3.05) is 13.1 Å². The van der Waals surface area contributed by atoms with Gasteiger partial charge >= 0.3 is 0 Å². The summed E-state index contributed by atoms with van der Waals surface area (Å²) in [5.74, 6) is 0.667. The smallest absolute Gasteiger partial charge is 0.237 e. The number of carbonyl (C=O) groups excluding carboxylic acids is 1. The summed E-state index contributed by atoms with van der Waals surface area (Å²) in [6.45, 7) is 5.92. The lowest BCUT2D eigenvalue weighted by Gasteiger charge is -2.23. The average molecular weight is 211 g/mol. The molecule has 3 N–H and O–H groups in total. The zero-order valence-electron chi connectivity index (χ0n) is 9.57. The van der Waals surface area contributed by atoms with Crippen molar-refractivity contribution in [2.45, 2.75) is 44.8 Å². The molecule has 0 aromatic rings. The van der Waals surface area contributed by atoms with E-state index in [1.807, 2.05) is 6.92 Å². The maximum atomic E-state index is 11.8. The molecule has 1 saturated carbocycles. The van der Waals surface area contributed by atoms with Gasteiger partial charge in [0.25, 0.3) is 0 Å². The third-order valence-corrected chi connectivity index (χ3v) is 3.55. The van der Waals surface area contributed by atoms with Crippen LogP contribution in [0.25, 0.3) is 0 Å². The van der Waals surface area contributed by atoms with Gasteiger partial charge in [0.2, 0.25) is 5.91 Å². The van der Waals surface area contributed by atoms with E-state index in [1.165, 1.54) is 0 Å². The minimum atomic E-state index is -0.0263. The quantitative estimate of drug-likeness (QED) is 0.687. The molecule has 0 bridgehead atoms. The van der Waals surface area contributed by atoms with Crippen LogP contribution in [0.15, 0.2) is 0 Å². The van der Waals surface area contributed by atoms with E-state index in [0.717, 1.165) is 25.9 Å². The molecule has 1 aliphatic carbocycles. The van der Waals surface area contributed by atoms with Crippen LogP contribution in [0.4, 0.5) is 0 Å². The van der Waals surface area contributed by atoms with Crippen LogP contribution in [-0.2, 0) is 4.79 Å². The lowest BCUT2D eigenvalue weighted by Crippen LogP contribution is -2.45. The maximum Gasteiger partial charge on any atom is 0.237 e. The number of nitrogens with zero attached hydrogens (tertiary/aromatic N) is 1. The number of nitrogens with two attached hydrogens (primary N) is 1. The second-order valence-electron chi connectivity index (χ2n) is 5.05. The SMILES string of the molecule is CC1CN(C(C)C(=O)NC2CC2)CC1N. The van der Waals surface area contributed by atoms with Crippen molar-refractivity contribution in [1.29, 1.82) is 0 Å². The highest BCUT2D eigenvalue weighted by atomic mass is 16.2. The van der Waals surface area contributed by atoms with E-state index in [9.17, 15) is 4.79 Å². The topological polar surface area (TPSA) is 58.4 Å². The Balaban J connectivity index is 1.84. The van der Waals surface area contributed by atoms with Crippen LogP contribution < -0.4 is 11.1 Å². The highest BCUT2D eigenvalue weighted by Crippen LogP contribution is 2.21. The van der Waals surface area contributed by atoms with Gasteiger partial charge in [-0.05, 0) is 25.7 Å². The summed E-state index contributed by atoms with van der Waals surface area (Å²) in [4.78, 5) is 14.0. The molecule has 86 valence electrons. The zero-order chi connectivity index (χ0) is 11.0. The minimum Gasteiger partial charge on any atom is -0.352 e. The molecule has 3 atom stereocenters. The standard InChI is InChI=1S/C11H21N3O/c1-7-5-14(6-10(7)12)8(2)11(15)13-9-3-4-9/h7-10H,3-6,12H2,1-2H3,(H,13,15). The molecule has 0 aromatic carbocycles. The molecule has 1 aliphatic heterocycles. The number of carbonyl (C=O) groups is 1. The number of hydrogen-bond donors (Lipinski definition) is 2. The molecule has 2 aliphatic rings. The van der Waals surface area contributed by atoms with Gasteiger partial charge in [-0.1, -0.05) is 6.92 Å². The molecular weight excluding hydrogens is 190 g/mol. The molecule has 15 heavy (non-hydrogen) atoms. The van der Waals surface area contributed by atoms with E-state index in [-0.39, 0.29) is 18.0 Å². The first-order valence-corrected chi connectivity index (χ1v) is 5.88. The molecule has 2 rings (SSSR count). The summed E-state index contributed by atoms with van der Waals surface area (Å²) in [7, 11) is 0. The van der Waals surface area contributed by atoms with Crippen LogP contribution in [0.3, 0.4) is 0 Å². The fourth-order valence-electron chi connectivity index (χ4n) is 2.06. The number of amides is 1. The molecule has 1 saturated heterocycles. The predicted octanol–water partition coefficient (Wildman–Crippen LogP) is -0.0675. The van der Waals surface area contributed by atoms with Crippen LogP contribution >= 0.6 is 0 Å². The fraction of sp³-hybridized carbons (Fsp3) is 0.909. The van der Waals surface area contributed by atoms with Gasteiger partial charge in [0.15, 0.2) is 0 Å². The molecule has 0 radical (unpaired) electrons. The normalized spacial score (nSPS) is 34.1. The van der Waals surface area contributed by atoms with Crippen molar-refractivity contribution in [2.24, 2.45) is 11.7 Å². The van der Waals surface area contributed by atoms with Crippen molar-refractivity contribution in [1.82, 2.24) is 10.2 Å². The molecule has 2 fully saturated rings. The van der Waals surface area contributed by atoms with Gasteiger partial charge in [0, 0.05) is 25.2 Å². The number of nitrogens with one attached hydrogen (secondary N) is 1. The molecule has 4 heteroatoms. The first-order chi connectivity index (χ1) is 7.08. The number of rotatable bonds is 3. The van der Waals surface area contributed by atoms with Crippen LogP contribution in [0.2, 0.25) is 0 Å². The largest absolute Gasteiger partial charge is 0.352 e. The highest BCUT2D eigenvalue weighted by molar-refractivity contribution is 5.81. The molecular formula is C11H21N3O.